The largest absolute Gasteiger partial charge is 0.343 e. The van der Waals surface area contributed by atoms with Crippen LogP contribution in [0.25, 0.3) is 0 Å². The van der Waals surface area contributed by atoms with Gasteiger partial charge in [-0.2, -0.15) is 0 Å². The minimum Gasteiger partial charge on any atom is -0.343 e. The third kappa shape index (κ3) is 13.4. The smallest absolute Gasteiger partial charge is 0.222 e. The average Bonchev–Trinajstić information content (AvgIpc) is 2.94. The van der Waals surface area contributed by atoms with E-state index in [1.54, 1.807) is 0 Å². The number of hydrogen-bond donors (Lipinski definition) is 0. The van der Waals surface area contributed by atoms with Crippen molar-refractivity contribution in [3.8, 4) is 0 Å². The third-order valence-electron chi connectivity index (χ3n) is 5.76. The van der Waals surface area contributed by atoms with Crippen LogP contribution in [-0.2, 0) is 4.79 Å². The van der Waals surface area contributed by atoms with Gasteiger partial charge in [0.05, 0.1) is 0 Å². The number of likely N-dealkylation sites (tertiary alicyclic amines) is 1. The Kier molecular flexibility index (Phi) is 15.8. The summed E-state index contributed by atoms with van der Waals surface area (Å²) >= 11 is 0. The lowest BCUT2D eigenvalue weighted by Crippen LogP contribution is -2.31. The van der Waals surface area contributed by atoms with Crippen molar-refractivity contribution in [3.05, 3.63) is 12.7 Å². The van der Waals surface area contributed by atoms with E-state index in [-0.39, 0.29) is 0 Å². The molecule has 1 aliphatic heterocycles. The highest BCUT2D eigenvalue weighted by Crippen LogP contribution is 2.15. The molecule has 0 radical (unpaired) electrons. The normalized spacial score (nSPS) is 15.0. The van der Waals surface area contributed by atoms with Crippen molar-refractivity contribution in [3.63, 3.8) is 0 Å². The quantitative estimate of drug-likeness (QED) is 0.206. The number of hydrogen-bond acceptors (Lipinski definition) is 1. The Morgan fingerprint density at radius 1 is 0.654 bits per heavy atom. The summed E-state index contributed by atoms with van der Waals surface area (Å²) in [5, 5.41) is 0. The van der Waals surface area contributed by atoms with Gasteiger partial charge < -0.3 is 4.90 Å². The van der Waals surface area contributed by atoms with Gasteiger partial charge in [0.25, 0.3) is 0 Å². The monoisotopic (exact) mass is 363 g/mol. The zero-order valence-corrected chi connectivity index (χ0v) is 17.5. The van der Waals surface area contributed by atoms with Crippen molar-refractivity contribution in [1.82, 2.24) is 4.90 Å². The molecule has 0 atom stereocenters. The van der Waals surface area contributed by atoms with Gasteiger partial charge in [-0.25, -0.2) is 0 Å². The molecule has 0 bridgehead atoms. The lowest BCUT2D eigenvalue weighted by atomic mass is 10.0. The van der Waals surface area contributed by atoms with Gasteiger partial charge in [0.1, 0.15) is 0 Å². The second-order valence-electron chi connectivity index (χ2n) is 8.22. The van der Waals surface area contributed by atoms with E-state index in [9.17, 15) is 4.79 Å². The second kappa shape index (κ2) is 17.6. The molecule has 1 heterocycles. The molecule has 0 aromatic carbocycles. The zero-order chi connectivity index (χ0) is 18.7. The maximum atomic E-state index is 12.2. The minimum atomic E-state index is 0.413. The molecule has 1 aliphatic rings. The summed E-state index contributed by atoms with van der Waals surface area (Å²) < 4.78 is 0. The van der Waals surface area contributed by atoms with Crippen molar-refractivity contribution in [2.24, 2.45) is 0 Å². The summed E-state index contributed by atoms with van der Waals surface area (Å²) in [6.07, 6.45) is 26.6. The van der Waals surface area contributed by atoms with Crippen molar-refractivity contribution in [1.29, 1.82) is 0 Å². The number of rotatable bonds is 16. The molecule has 0 spiro atoms. The van der Waals surface area contributed by atoms with Gasteiger partial charge in [-0.3, -0.25) is 4.79 Å². The SMILES string of the molecule is C=CCCCCCCCCCCCCCCCC(=O)N1CCCCCC1. The molecule has 26 heavy (non-hydrogen) atoms. The highest BCUT2D eigenvalue weighted by molar-refractivity contribution is 5.76. The fourth-order valence-electron chi connectivity index (χ4n) is 3.99. The predicted octanol–water partition coefficient (Wildman–Crippen LogP) is 7.43. The average molecular weight is 364 g/mol. The van der Waals surface area contributed by atoms with E-state index in [1.807, 2.05) is 6.08 Å². The van der Waals surface area contributed by atoms with Crippen LogP contribution >= 0.6 is 0 Å². The fraction of sp³-hybridized carbons (Fsp3) is 0.875. The van der Waals surface area contributed by atoms with Gasteiger partial charge in [-0.15, -0.1) is 6.58 Å². The van der Waals surface area contributed by atoms with Crippen molar-refractivity contribution in [2.75, 3.05) is 13.1 Å². The molecular weight excluding hydrogens is 318 g/mol. The number of amides is 1. The Morgan fingerprint density at radius 2 is 1.08 bits per heavy atom. The molecule has 2 heteroatoms. The first-order chi connectivity index (χ1) is 12.8. The van der Waals surface area contributed by atoms with E-state index < -0.39 is 0 Å². The third-order valence-corrected chi connectivity index (χ3v) is 5.76. The van der Waals surface area contributed by atoms with E-state index in [4.69, 9.17) is 0 Å². The first kappa shape index (κ1) is 23.2. The van der Waals surface area contributed by atoms with Crippen LogP contribution in [0.5, 0.6) is 0 Å². The first-order valence-electron chi connectivity index (χ1n) is 11.7. The number of unbranched alkanes of at least 4 members (excludes halogenated alkanes) is 13. The molecule has 0 unspecified atom stereocenters. The van der Waals surface area contributed by atoms with Gasteiger partial charge >= 0.3 is 0 Å². The summed E-state index contributed by atoms with van der Waals surface area (Å²) in [6, 6.07) is 0. The molecular formula is C24H45NO. The summed E-state index contributed by atoms with van der Waals surface area (Å²) in [4.78, 5) is 14.3. The first-order valence-corrected chi connectivity index (χ1v) is 11.7. The Balaban J connectivity index is 1.78. The molecule has 0 aromatic rings. The van der Waals surface area contributed by atoms with Gasteiger partial charge in [0, 0.05) is 19.5 Å². The number of carbonyl (C=O) groups is 1. The number of nitrogens with zero attached hydrogens (tertiary/aromatic N) is 1. The van der Waals surface area contributed by atoms with Crippen LogP contribution in [0, 0.1) is 0 Å². The molecule has 1 amide bonds. The van der Waals surface area contributed by atoms with Crippen LogP contribution in [0.1, 0.15) is 122 Å². The van der Waals surface area contributed by atoms with E-state index in [2.05, 4.69) is 11.5 Å². The number of allylic oxidation sites excluding steroid dienone is 1. The van der Waals surface area contributed by atoms with E-state index >= 15 is 0 Å². The van der Waals surface area contributed by atoms with Crippen LogP contribution < -0.4 is 0 Å². The summed E-state index contributed by atoms with van der Waals surface area (Å²) in [7, 11) is 0. The fourth-order valence-corrected chi connectivity index (χ4v) is 3.99. The molecule has 2 nitrogen and oxygen atoms in total. The highest BCUT2D eigenvalue weighted by atomic mass is 16.2. The Labute approximate surface area is 163 Å². The molecule has 1 rings (SSSR count). The minimum absolute atomic E-state index is 0.413. The van der Waals surface area contributed by atoms with Gasteiger partial charge in [0.2, 0.25) is 5.91 Å². The molecule has 152 valence electrons. The van der Waals surface area contributed by atoms with Gasteiger partial charge in [0.15, 0.2) is 0 Å². The number of carbonyl (C=O) groups excluding carboxylic acids is 1. The van der Waals surface area contributed by atoms with Crippen LogP contribution in [-0.4, -0.2) is 23.9 Å². The molecule has 0 N–H and O–H groups in total. The predicted molar refractivity (Wildman–Crippen MR) is 115 cm³/mol. The zero-order valence-electron chi connectivity index (χ0n) is 17.5. The van der Waals surface area contributed by atoms with E-state index in [0.717, 1.165) is 25.9 Å². The second-order valence-corrected chi connectivity index (χ2v) is 8.22. The lowest BCUT2D eigenvalue weighted by molar-refractivity contribution is -0.131. The summed E-state index contributed by atoms with van der Waals surface area (Å²) in [5.74, 6) is 0.413. The Hall–Kier alpha value is -0.790. The standard InChI is InChI=1S/C24H45NO/c1-2-3-4-5-6-7-8-9-10-11-12-13-14-15-18-21-24(26)25-22-19-16-17-20-23-25/h2H,1,3-23H2. The maximum absolute atomic E-state index is 12.2. The molecule has 0 aromatic heterocycles. The van der Waals surface area contributed by atoms with Crippen molar-refractivity contribution in [2.45, 2.75) is 122 Å². The van der Waals surface area contributed by atoms with Crippen LogP contribution in [0.15, 0.2) is 12.7 Å². The molecule has 0 aliphatic carbocycles. The van der Waals surface area contributed by atoms with Gasteiger partial charge in [-0.1, -0.05) is 89.5 Å². The van der Waals surface area contributed by atoms with E-state index in [0.29, 0.717) is 5.91 Å². The topological polar surface area (TPSA) is 20.3 Å². The van der Waals surface area contributed by atoms with Crippen molar-refractivity contribution >= 4 is 5.91 Å². The molecule has 0 saturated carbocycles. The lowest BCUT2D eigenvalue weighted by Gasteiger charge is -2.20. The van der Waals surface area contributed by atoms with Crippen LogP contribution in [0.2, 0.25) is 0 Å². The summed E-state index contributed by atoms with van der Waals surface area (Å²) in [6.45, 7) is 5.79. The van der Waals surface area contributed by atoms with Crippen LogP contribution in [0.4, 0.5) is 0 Å². The summed E-state index contributed by atoms with van der Waals surface area (Å²) in [5.41, 5.74) is 0. The molecule has 1 fully saturated rings. The molecule has 1 saturated heterocycles. The van der Waals surface area contributed by atoms with Crippen LogP contribution in [0.3, 0.4) is 0 Å². The van der Waals surface area contributed by atoms with Gasteiger partial charge in [-0.05, 0) is 32.1 Å². The Bertz CT molecular complexity index is 331. The highest BCUT2D eigenvalue weighted by Gasteiger charge is 2.14. The van der Waals surface area contributed by atoms with Crippen molar-refractivity contribution < 1.29 is 4.79 Å². The van der Waals surface area contributed by atoms with E-state index in [1.165, 1.54) is 109 Å². The maximum Gasteiger partial charge on any atom is 0.222 e. The Morgan fingerprint density at radius 3 is 1.54 bits per heavy atom.